The quantitative estimate of drug-likeness (QED) is 0.509. The molecule has 0 radical (unpaired) electrons. The van der Waals surface area contributed by atoms with E-state index in [9.17, 15) is 0 Å². The third kappa shape index (κ3) is 1.03. The van der Waals surface area contributed by atoms with Crippen molar-refractivity contribution in [3.63, 3.8) is 0 Å². The SMILES string of the molecule is C=C(CN)C1CC1. The van der Waals surface area contributed by atoms with Crippen LogP contribution in [-0.2, 0) is 0 Å². The molecular formula is C6H11N. The van der Waals surface area contributed by atoms with Gasteiger partial charge in [-0.1, -0.05) is 12.2 Å². The fraction of sp³-hybridized carbons (Fsp3) is 0.667. The van der Waals surface area contributed by atoms with Crippen LogP contribution in [0.15, 0.2) is 12.2 Å². The molecule has 0 spiro atoms. The lowest BCUT2D eigenvalue weighted by Gasteiger charge is -1.92. The largest absolute Gasteiger partial charge is 0.327 e. The van der Waals surface area contributed by atoms with E-state index in [1.165, 1.54) is 18.4 Å². The molecule has 0 atom stereocenters. The molecule has 1 rings (SSSR count). The first-order valence-electron chi connectivity index (χ1n) is 2.72. The Hall–Kier alpha value is -0.300. The van der Waals surface area contributed by atoms with E-state index in [1.54, 1.807) is 0 Å². The monoisotopic (exact) mass is 97.1 g/mol. The lowest BCUT2D eigenvalue weighted by molar-refractivity contribution is 0.946. The molecule has 7 heavy (non-hydrogen) atoms. The molecule has 1 saturated carbocycles. The molecule has 0 aromatic rings. The molecule has 0 aliphatic heterocycles. The van der Waals surface area contributed by atoms with Gasteiger partial charge in [0.15, 0.2) is 0 Å². The topological polar surface area (TPSA) is 26.0 Å². The zero-order chi connectivity index (χ0) is 5.28. The van der Waals surface area contributed by atoms with Gasteiger partial charge in [-0.25, -0.2) is 0 Å². The summed E-state index contributed by atoms with van der Waals surface area (Å²) in [7, 11) is 0. The summed E-state index contributed by atoms with van der Waals surface area (Å²) >= 11 is 0. The van der Waals surface area contributed by atoms with Crippen molar-refractivity contribution in [2.75, 3.05) is 6.54 Å². The fourth-order valence-electron chi connectivity index (χ4n) is 0.658. The van der Waals surface area contributed by atoms with Gasteiger partial charge in [0.1, 0.15) is 0 Å². The van der Waals surface area contributed by atoms with Gasteiger partial charge in [0, 0.05) is 6.54 Å². The van der Waals surface area contributed by atoms with Crippen LogP contribution in [0.1, 0.15) is 12.8 Å². The van der Waals surface area contributed by atoms with Crippen LogP contribution >= 0.6 is 0 Å². The van der Waals surface area contributed by atoms with E-state index in [-0.39, 0.29) is 0 Å². The molecule has 0 aromatic heterocycles. The Morgan fingerprint density at radius 1 is 1.71 bits per heavy atom. The highest BCUT2D eigenvalue weighted by molar-refractivity contribution is 5.08. The molecule has 2 N–H and O–H groups in total. The second-order valence-corrected chi connectivity index (χ2v) is 2.14. The molecule has 0 unspecified atom stereocenters. The van der Waals surface area contributed by atoms with Gasteiger partial charge in [-0.15, -0.1) is 0 Å². The van der Waals surface area contributed by atoms with Gasteiger partial charge in [0.05, 0.1) is 0 Å². The van der Waals surface area contributed by atoms with E-state index in [2.05, 4.69) is 6.58 Å². The first-order chi connectivity index (χ1) is 3.34. The molecular weight excluding hydrogens is 86.1 g/mol. The molecule has 0 heterocycles. The standard InChI is InChI=1S/C6H11N/c1-5(4-7)6-2-3-6/h6H,1-4,7H2. The summed E-state index contributed by atoms with van der Waals surface area (Å²) in [6.07, 6.45) is 2.66. The zero-order valence-electron chi connectivity index (χ0n) is 4.48. The molecule has 0 saturated heterocycles. The Balaban J connectivity index is 2.24. The average Bonchev–Trinajstić information content (AvgIpc) is 2.44. The molecule has 0 bridgehead atoms. The van der Waals surface area contributed by atoms with Crippen molar-refractivity contribution in [1.29, 1.82) is 0 Å². The summed E-state index contributed by atoms with van der Waals surface area (Å²) in [4.78, 5) is 0. The minimum atomic E-state index is 0.685. The number of nitrogens with two attached hydrogens (primary N) is 1. The van der Waals surface area contributed by atoms with Crippen molar-refractivity contribution in [2.45, 2.75) is 12.8 Å². The van der Waals surface area contributed by atoms with Crippen LogP contribution < -0.4 is 5.73 Å². The Morgan fingerprint density at radius 2 is 2.29 bits per heavy atom. The molecule has 0 aromatic carbocycles. The molecule has 0 amide bonds. The van der Waals surface area contributed by atoms with Gasteiger partial charge in [-0.3, -0.25) is 0 Å². The van der Waals surface area contributed by atoms with Crippen molar-refractivity contribution in [2.24, 2.45) is 11.7 Å². The lowest BCUT2D eigenvalue weighted by atomic mass is 10.2. The van der Waals surface area contributed by atoms with E-state index in [0.29, 0.717) is 6.54 Å². The summed E-state index contributed by atoms with van der Waals surface area (Å²) in [6, 6.07) is 0. The highest BCUT2D eigenvalue weighted by atomic mass is 14.5. The Morgan fingerprint density at radius 3 is 2.43 bits per heavy atom. The van der Waals surface area contributed by atoms with E-state index < -0.39 is 0 Å². The maximum atomic E-state index is 5.31. The zero-order valence-corrected chi connectivity index (χ0v) is 4.48. The van der Waals surface area contributed by atoms with E-state index >= 15 is 0 Å². The van der Waals surface area contributed by atoms with Crippen LogP contribution in [-0.4, -0.2) is 6.54 Å². The second kappa shape index (κ2) is 1.66. The first-order valence-corrected chi connectivity index (χ1v) is 2.72. The Labute approximate surface area is 44.2 Å². The molecule has 1 heteroatoms. The van der Waals surface area contributed by atoms with Crippen LogP contribution in [0.3, 0.4) is 0 Å². The first kappa shape index (κ1) is 4.85. The number of hydrogen-bond acceptors (Lipinski definition) is 1. The van der Waals surface area contributed by atoms with Crippen LogP contribution in [0.25, 0.3) is 0 Å². The van der Waals surface area contributed by atoms with E-state index in [0.717, 1.165) is 5.92 Å². The van der Waals surface area contributed by atoms with Gasteiger partial charge in [-0.05, 0) is 18.8 Å². The van der Waals surface area contributed by atoms with Crippen molar-refractivity contribution in [1.82, 2.24) is 0 Å². The van der Waals surface area contributed by atoms with Gasteiger partial charge in [-0.2, -0.15) is 0 Å². The minimum absolute atomic E-state index is 0.685. The van der Waals surface area contributed by atoms with Gasteiger partial charge >= 0.3 is 0 Å². The molecule has 1 aliphatic rings. The maximum absolute atomic E-state index is 5.31. The molecule has 1 fully saturated rings. The average molecular weight is 97.2 g/mol. The fourth-order valence-corrected chi connectivity index (χ4v) is 0.658. The highest BCUT2D eigenvalue weighted by Gasteiger charge is 2.22. The summed E-state index contributed by atoms with van der Waals surface area (Å²) in [5.41, 5.74) is 6.55. The van der Waals surface area contributed by atoms with Crippen LogP contribution in [0.2, 0.25) is 0 Å². The smallest absolute Gasteiger partial charge is 0.0136 e. The Kier molecular flexibility index (Phi) is 1.15. The van der Waals surface area contributed by atoms with Crippen molar-refractivity contribution >= 4 is 0 Å². The maximum Gasteiger partial charge on any atom is 0.0136 e. The number of rotatable bonds is 2. The van der Waals surface area contributed by atoms with Gasteiger partial charge < -0.3 is 5.73 Å². The molecule has 1 aliphatic carbocycles. The third-order valence-corrected chi connectivity index (χ3v) is 1.42. The summed E-state index contributed by atoms with van der Waals surface area (Å²) in [5, 5.41) is 0. The predicted octanol–water partition coefficient (Wildman–Crippen LogP) is 0.911. The van der Waals surface area contributed by atoms with Crippen molar-refractivity contribution in [3.05, 3.63) is 12.2 Å². The third-order valence-electron chi connectivity index (χ3n) is 1.42. The van der Waals surface area contributed by atoms with Crippen LogP contribution in [0, 0.1) is 5.92 Å². The highest BCUT2D eigenvalue weighted by Crippen LogP contribution is 2.34. The van der Waals surface area contributed by atoms with Gasteiger partial charge in [0.25, 0.3) is 0 Å². The summed E-state index contributed by atoms with van der Waals surface area (Å²) in [5.74, 6) is 0.796. The predicted molar refractivity (Wildman–Crippen MR) is 30.9 cm³/mol. The lowest BCUT2D eigenvalue weighted by Crippen LogP contribution is -2.02. The van der Waals surface area contributed by atoms with E-state index in [4.69, 9.17) is 5.73 Å². The van der Waals surface area contributed by atoms with Crippen molar-refractivity contribution < 1.29 is 0 Å². The second-order valence-electron chi connectivity index (χ2n) is 2.14. The van der Waals surface area contributed by atoms with Gasteiger partial charge in [0.2, 0.25) is 0 Å². The van der Waals surface area contributed by atoms with Crippen LogP contribution in [0.4, 0.5) is 0 Å². The minimum Gasteiger partial charge on any atom is -0.327 e. The van der Waals surface area contributed by atoms with E-state index in [1.807, 2.05) is 0 Å². The van der Waals surface area contributed by atoms with Crippen LogP contribution in [0.5, 0.6) is 0 Å². The molecule has 1 nitrogen and oxygen atoms in total. The molecule has 40 valence electrons. The normalized spacial score (nSPS) is 19.6. The summed E-state index contributed by atoms with van der Waals surface area (Å²) < 4.78 is 0. The Bertz CT molecular complexity index is 82.2. The summed E-state index contributed by atoms with van der Waals surface area (Å²) in [6.45, 7) is 4.50. The van der Waals surface area contributed by atoms with Crippen molar-refractivity contribution in [3.8, 4) is 0 Å². The number of hydrogen-bond donors (Lipinski definition) is 1.